The Morgan fingerprint density at radius 1 is 1.56 bits per heavy atom. The van der Waals surface area contributed by atoms with E-state index < -0.39 is 0 Å². The first-order valence-corrected chi connectivity index (χ1v) is 3.84. The predicted molar refractivity (Wildman–Crippen MR) is 38.4 cm³/mol. The van der Waals surface area contributed by atoms with Gasteiger partial charge in [-0.1, -0.05) is 13.8 Å². The molecule has 0 aromatic rings. The van der Waals surface area contributed by atoms with Gasteiger partial charge in [0.1, 0.15) is 0 Å². The molecule has 1 aliphatic carbocycles. The van der Waals surface area contributed by atoms with Crippen LogP contribution in [0.2, 0.25) is 0 Å². The van der Waals surface area contributed by atoms with Gasteiger partial charge in [-0.2, -0.15) is 0 Å². The zero-order valence-corrected chi connectivity index (χ0v) is 6.61. The summed E-state index contributed by atoms with van der Waals surface area (Å²) in [6.45, 7) is 7.47. The summed E-state index contributed by atoms with van der Waals surface area (Å²) in [6.07, 6.45) is 3.11. The van der Waals surface area contributed by atoms with E-state index in [1.165, 1.54) is 12.8 Å². The Labute approximate surface area is 57.4 Å². The van der Waals surface area contributed by atoms with Gasteiger partial charge in [0.05, 0.1) is 6.10 Å². The first-order valence-electron chi connectivity index (χ1n) is 3.84. The molecule has 1 heteroatoms. The molecule has 0 N–H and O–H groups in total. The maximum Gasteiger partial charge on any atom is 0.0635 e. The molecular weight excluding hydrogens is 112 g/mol. The van der Waals surface area contributed by atoms with Crippen molar-refractivity contribution in [3.05, 3.63) is 0 Å². The van der Waals surface area contributed by atoms with Crippen LogP contribution in [0.3, 0.4) is 0 Å². The van der Waals surface area contributed by atoms with Gasteiger partial charge in [0.25, 0.3) is 0 Å². The van der Waals surface area contributed by atoms with Crippen LogP contribution < -0.4 is 0 Å². The molecule has 0 heterocycles. The number of ether oxygens (including phenoxy) is 1. The fourth-order valence-corrected chi connectivity index (χ4v) is 1.20. The van der Waals surface area contributed by atoms with E-state index in [-0.39, 0.29) is 0 Å². The smallest absolute Gasteiger partial charge is 0.0635 e. The van der Waals surface area contributed by atoms with Crippen LogP contribution in [0.15, 0.2) is 0 Å². The molecule has 9 heavy (non-hydrogen) atoms. The van der Waals surface area contributed by atoms with Crippen molar-refractivity contribution < 1.29 is 4.74 Å². The average Bonchev–Trinajstić information content (AvgIpc) is 2.46. The molecule has 2 atom stereocenters. The molecule has 0 aliphatic heterocycles. The zero-order valence-electron chi connectivity index (χ0n) is 6.61. The van der Waals surface area contributed by atoms with Crippen LogP contribution in [0.25, 0.3) is 0 Å². The number of rotatable bonds is 3. The lowest BCUT2D eigenvalue weighted by Crippen LogP contribution is -2.03. The molecule has 0 saturated heterocycles. The van der Waals surface area contributed by atoms with Crippen molar-refractivity contribution in [2.45, 2.75) is 39.7 Å². The minimum absolute atomic E-state index is 0.538. The Bertz CT molecular complexity index is 98.7. The van der Waals surface area contributed by atoms with Gasteiger partial charge >= 0.3 is 0 Å². The molecule has 0 aromatic carbocycles. The van der Waals surface area contributed by atoms with Crippen LogP contribution >= 0.6 is 0 Å². The Morgan fingerprint density at radius 3 is 2.56 bits per heavy atom. The largest absolute Gasteiger partial charge is 0.378 e. The molecule has 1 rings (SSSR count). The van der Waals surface area contributed by atoms with Crippen molar-refractivity contribution in [3.63, 3.8) is 0 Å². The minimum Gasteiger partial charge on any atom is -0.378 e. The van der Waals surface area contributed by atoms with Crippen molar-refractivity contribution in [2.24, 2.45) is 5.41 Å². The van der Waals surface area contributed by atoms with Crippen molar-refractivity contribution >= 4 is 0 Å². The summed E-state index contributed by atoms with van der Waals surface area (Å²) in [6, 6.07) is 0. The van der Waals surface area contributed by atoms with E-state index in [9.17, 15) is 0 Å². The maximum absolute atomic E-state index is 5.46. The van der Waals surface area contributed by atoms with Gasteiger partial charge in [-0.3, -0.25) is 0 Å². The first kappa shape index (κ1) is 7.07. The first-order chi connectivity index (χ1) is 4.23. The van der Waals surface area contributed by atoms with Crippen molar-refractivity contribution in [1.29, 1.82) is 0 Å². The van der Waals surface area contributed by atoms with E-state index in [0.29, 0.717) is 11.5 Å². The van der Waals surface area contributed by atoms with Gasteiger partial charge in [0.2, 0.25) is 0 Å². The zero-order chi connectivity index (χ0) is 6.91. The van der Waals surface area contributed by atoms with Crippen LogP contribution in [0, 0.1) is 5.41 Å². The van der Waals surface area contributed by atoms with Crippen LogP contribution in [0.4, 0.5) is 0 Å². The van der Waals surface area contributed by atoms with Crippen molar-refractivity contribution in [2.75, 3.05) is 6.61 Å². The molecule has 1 unspecified atom stereocenters. The second-order valence-corrected chi connectivity index (χ2v) is 3.16. The number of hydrogen-bond donors (Lipinski definition) is 0. The topological polar surface area (TPSA) is 9.23 Å². The lowest BCUT2D eigenvalue weighted by molar-refractivity contribution is 0.103. The van der Waals surface area contributed by atoms with Crippen molar-refractivity contribution in [1.82, 2.24) is 0 Å². The highest BCUT2D eigenvalue weighted by Gasteiger charge is 2.49. The van der Waals surface area contributed by atoms with E-state index in [0.717, 1.165) is 6.61 Å². The second kappa shape index (κ2) is 2.30. The van der Waals surface area contributed by atoms with Crippen LogP contribution in [-0.2, 0) is 4.74 Å². The summed E-state index contributed by atoms with van der Waals surface area (Å²) in [7, 11) is 0. The van der Waals surface area contributed by atoms with E-state index in [1.54, 1.807) is 0 Å². The average molecular weight is 128 g/mol. The molecule has 1 nitrogen and oxygen atoms in total. The van der Waals surface area contributed by atoms with E-state index in [1.807, 2.05) is 0 Å². The molecule has 0 bridgehead atoms. The van der Waals surface area contributed by atoms with E-state index in [2.05, 4.69) is 20.8 Å². The molecule has 0 radical (unpaired) electrons. The Kier molecular flexibility index (Phi) is 1.80. The molecular formula is C8H16O. The highest BCUT2D eigenvalue weighted by molar-refractivity contribution is 4.99. The van der Waals surface area contributed by atoms with Crippen LogP contribution in [0.1, 0.15) is 33.6 Å². The summed E-state index contributed by atoms with van der Waals surface area (Å²) in [5, 5.41) is 0. The van der Waals surface area contributed by atoms with Gasteiger partial charge in [-0.05, 0) is 25.2 Å². The summed E-state index contributed by atoms with van der Waals surface area (Å²) >= 11 is 0. The Balaban J connectivity index is 2.22. The molecule has 1 aliphatic rings. The molecule has 54 valence electrons. The minimum atomic E-state index is 0.538. The summed E-state index contributed by atoms with van der Waals surface area (Å²) in [4.78, 5) is 0. The summed E-state index contributed by atoms with van der Waals surface area (Å²) < 4.78 is 5.46. The van der Waals surface area contributed by atoms with E-state index in [4.69, 9.17) is 4.74 Å². The standard InChI is InChI=1S/C8H16O/c1-4-8(3)6-7(8)9-5-2/h7H,4-6H2,1-3H3/t7-,8?/m0/s1. The third-order valence-electron chi connectivity index (χ3n) is 2.44. The SMILES string of the molecule is CCO[C@H]1CC1(C)CC. The number of hydrogen-bond acceptors (Lipinski definition) is 1. The summed E-state index contributed by atoms with van der Waals surface area (Å²) in [5.74, 6) is 0. The maximum atomic E-state index is 5.46. The third-order valence-corrected chi connectivity index (χ3v) is 2.44. The quantitative estimate of drug-likeness (QED) is 0.566. The van der Waals surface area contributed by atoms with Crippen molar-refractivity contribution in [3.8, 4) is 0 Å². The fraction of sp³-hybridized carbons (Fsp3) is 1.00. The lowest BCUT2D eigenvalue weighted by Gasteiger charge is -2.05. The summed E-state index contributed by atoms with van der Waals surface area (Å²) in [5.41, 5.74) is 0.538. The van der Waals surface area contributed by atoms with Crippen LogP contribution in [-0.4, -0.2) is 12.7 Å². The monoisotopic (exact) mass is 128 g/mol. The van der Waals surface area contributed by atoms with Gasteiger partial charge < -0.3 is 4.74 Å². The molecule has 0 aromatic heterocycles. The second-order valence-electron chi connectivity index (χ2n) is 3.16. The van der Waals surface area contributed by atoms with E-state index >= 15 is 0 Å². The normalized spacial score (nSPS) is 41.0. The molecule has 0 amide bonds. The fourth-order valence-electron chi connectivity index (χ4n) is 1.20. The molecule has 0 spiro atoms. The highest BCUT2D eigenvalue weighted by atomic mass is 16.5. The van der Waals surface area contributed by atoms with Gasteiger partial charge in [-0.15, -0.1) is 0 Å². The predicted octanol–water partition coefficient (Wildman–Crippen LogP) is 2.21. The highest BCUT2D eigenvalue weighted by Crippen LogP contribution is 2.50. The van der Waals surface area contributed by atoms with Crippen LogP contribution in [0.5, 0.6) is 0 Å². The molecule has 1 fully saturated rings. The Hall–Kier alpha value is -0.0400. The Morgan fingerprint density at radius 2 is 2.22 bits per heavy atom. The third kappa shape index (κ3) is 1.26. The molecule has 1 saturated carbocycles. The van der Waals surface area contributed by atoms with Gasteiger partial charge in [0, 0.05) is 6.61 Å². The van der Waals surface area contributed by atoms with Gasteiger partial charge in [0.15, 0.2) is 0 Å². The van der Waals surface area contributed by atoms with Gasteiger partial charge in [-0.25, -0.2) is 0 Å². The lowest BCUT2D eigenvalue weighted by atomic mass is 10.1.